The maximum absolute atomic E-state index is 14.0. The summed E-state index contributed by atoms with van der Waals surface area (Å²) in [5.41, 5.74) is 0. The Kier molecular flexibility index (Phi) is 29.9. The van der Waals surface area contributed by atoms with Gasteiger partial charge in [-0.2, -0.15) is 0 Å². The predicted octanol–water partition coefficient (Wildman–Crippen LogP) is 0.414. The van der Waals surface area contributed by atoms with E-state index >= 15 is 0 Å². The number of fused-ring (bicyclic) bond motifs is 2. The Bertz CT molecular complexity index is 1980. The number of rotatable bonds is 10. The van der Waals surface area contributed by atoms with Crippen molar-refractivity contribution >= 4 is 17.8 Å². The van der Waals surface area contributed by atoms with Crippen LogP contribution in [0, 0.1) is 17.8 Å². The number of allylic oxidation sites excluding steroid dienone is 12. The van der Waals surface area contributed by atoms with E-state index in [0.717, 1.165) is 0 Å². The van der Waals surface area contributed by atoms with Gasteiger partial charge in [0, 0.05) is 37.6 Å². The van der Waals surface area contributed by atoms with E-state index in [9.17, 15) is 65.4 Å². The van der Waals surface area contributed by atoms with Crippen molar-refractivity contribution in [3.8, 4) is 0 Å². The second-order valence-corrected chi connectivity index (χ2v) is 21.4. The SMILES string of the molecule is C[C@@H]1[C@H](O)[C@@H](C)/C=C/C=C/C=C/C=C/C=C/C=C/C=C/[C@H](O[C@@H]2O[C@H](C)[C@@H](O)[C@H](NC(=O)CN(C)C)[C@@H]2O)C[C@@H]2O[C@](O)(C[C@@H](O)[C@H](O)CC[C@@H](O)C[C@@H](O)C[C@@H](O)CC(=O)O[C@H]1C)C[C@H](O)[C@H]2C(=O)NCCCN(C)C. The van der Waals surface area contributed by atoms with Crippen LogP contribution in [0.15, 0.2) is 85.1 Å². The third kappa shape index (κ3) is 24.5. The minimum absolute atomic E-state index is 0.0376. The summed E-state index contributed by atoms with van der Waals surface area (Å²) in [5.74, 6) is -6.20. The quantitative estimate of drug-likeness (QED) is 0.104. The first kappa shape index (κ1) is 67.3. The normalized spacial score (nSPS) is 40.3. The highest BCUT2D eigenvalue weighted by Gasteiger charge is 2.51. The smallest absolute Gasteiger partial charge is 0.308 e. The van der Waals surface area contributed by atoms with Crippen LogP contribution >= 0.6 is 0 Å². The number of cyclic esters (lactones) is 1. The van der Waals surface area contributed by atoms with E-state index in [2.05, 4.69) is 10.6 Å². The molecule has 2 fully saturated rings. The minimum Gasteiger partial charge on any atom is -0.462 e. The third-order valence-corrected chi connectivity index (χ3v) is 13.9. The van der Waals surface area contributed by atoms with Crippen molar-refractivity contribution in [2.75, 3.05) is 47.8 Å². The summed E-state index contributed by atoms with van der Waals surface area (Å²) >= 11 is 0. The highest BCUT2D eigenvalue weighted by Crippen LogP contribution is 2.38. The fourth-order valence-electron chi connectivity index (χ4n) is 9.36. The molecular weight excluding hydrogens is 1000 g/mol. The zero-order valence-electron chi connectivity index (χ0n) is 46.2. The standard InChI is InChI=1S/C56H92N4O17/c1-35-22-19-17-15-13-11-9-10-12-14-16-18-20-23-42(76-55-53(71)50(52(70)38(4)75-55)58-47(67)34-60(7)8)31-46-49(54(72)57-26-21-27-59(5)6)45(66)33-56(73,77-46)32-44(65)43(64)25-24-39(61)28-40(62)29-41(63)30-48(68)74-37(3)36(2)51(35)69/h9-20,22-23,35-46,49-53,55,61-66,69-71,73H,21,24-34H2,1-8H3,(H,57,72)(H,58,67)/b10-9+,13-11+,14-12+,17-15+,18-16+,22-19+,23-20+/t35-,36-,37-,38+,39+,40+,41+,42-,43+,44+,45-,46-,49+,50-,51+,52+,53-,55-,56+/m0/s1. The fraction of sp³-hybridized carbons (Fsp3) is 0.696. The Morgan fingerprint density at radius 3 is 1.84 bits per heavy atom. The van der Waals surface area contributed by atoms with Crippen LogP contribution in [0.2, 0.25) is 0 Å². The number of nitrogens with zero attached hydrogens (tertiary/aromatic N) is 2. The molecule has 0 aromatic carbocycles. The van der Waals surface area contributed by atoms with Crippen molar-refractivity contribution in [2.24, 2.45) is 17.8 Å². The Morgan fingerprint density at radius 1 is 0.675 bits per heavy atom. The number of aliphatic hydroxyl groups is 10. The number of amides is 2. The number of ether oxygens (including phenoxy) is 4. The molecule has 2 amide bonds. The van der Waals surface area contributed by atoms with Crippen LogP contribution in [0.4, 0.5) is 0 Å². The van der Waals surface area contributed by atoms with Crippen molar-refractivity contribution in [1.29, 1.82) is 0 Å². The molecule has 2 bridgehead atoms. The summed E-state index contributed by atoms with van der Waals surface area (Å²) < 4.78 is 24.1. The highest BCUT2D eigenvalue weighted by molar-refractivity contribution is 5.80. The van der Waals surface area contributed by atoms with Crippen LogP contribution in [0.3, 0.4) is 0 Å². The first-order valence-electron chi connectivity index (χ1n) is 26.9. The van der Waals surface area contributed by atoms with Gasteiger partial charge in [-0.1, -0.05) is 98.9 Å². The van der Waals surface area contributed by atoms with Crippen LogP contribution in [-0.2, 0) is 33.3 Å². The predicted molar refractivity (Wildman–Crippen MR) is 288 cm³/mol. The van der Waals surface area contributed by atoms with Crippen molar-refractivity contribution in [3.63, 3.8) is 0 Å². The van der Waals surface area contributed by atoms with E-state index in [4.69, 9.17) is 18.9 Å². The van der Waals surface area contributed by atoms with Gasteiger partial charge in [0.2, 0.25) is 11.8 Å². The first-order chi connectivity index (χ1) is 36.3. The molecule has 21 nitrogen and oxygen atoms in total. The number of likely N-dealkylation sites (N-methyl/N-ethyl adjacent to an activating group) is 1. The van der Waals surface area contributed by atoms with Crippen molar-refractivity contribution in [3.05, 3.63) is 85.1 Å². The number of carbonyl (C=O) groups excluding carboxylic acids is 3. The lowest BCUT2D eigenvalue weighted by atomic mass is 9.82. The van der Waals surface area contributed by atoms with Gasteiger partial charge in [-0.25, -0.2) is 0 Å². The van der Waals surface area contributed by atoms with Gasteiger partial charge in [0.1, 0.15) is 18.3 Å². The molecular formula is C56H92N4O17. The van der Waals surface area contributed by atoms with E-state index in [1.54, 1.807) is 94.5 Å². The number of hydrogen-bond donors (Lipinski definition) is 12. The maximum atomic E-state index is 14.0. The first-order valence-corrected chi connectivity index (χ1v) is 26.9. The number of aliphatic hydroxyl groups excluding tert-OH is 9. The molecule has 438 valence electrons. The lowest BCUT2D eigenvalue weighted by molar-refractivity contribution is -0.309. The monoisotopic (exact) mass is 1090 g/mol. The molecule has 77 heavy (non-hydrogen) atoms. The Morgan fingerprint density at radius 2 is 1.25 bits per heavy atom. The van der Waals surface area contributed by atoms with Gasteiger partial charge in [-0.3, -0.25) is 14.4 Å². The second kappa shape index (κ2) is 34.2. The number of hydrogen-bond acceptors (Lipinski definition) is 19. The molecule has 0 spiro atoms. The average molecular weight is 1090 g/mol. The number of carbonyl (C=O) groups is 3. The molecule has 3 aliphatic heterocycles. The van der Waals surface area contributed by atoms with Crippen LogP contribution in [0.5, 0.6) is 0 Å². The fourth-order valence-corrected chi connectivity index (χ4v) is 9.36. The van der Waals surface area contributed by atoms with E-state index in [1.807, 2.05) is 56.3 Å². The molecule has 0 aliphatic carbocycles. The van der Waals surface area contributed by atoms with Crippen molar-refractivity contribution in [2.45, 2.75) is 183 Å². The van der Waals surface area contributed by atoms with E-state index in [-0.39, 0.29) is 51.1 Å². The zero-order valence-corrected chi connectivity index (χ0v) is 46.2. The Balaban J connectivity index is 1.99. The van der Waals surface area contributed by atoms with Crippen molar-refractivity contribution in [1.82, 2.24) is 20.4 Å². The third-order valence-electron chi connectivity index (χ3n) is 13.9. The van der Waals surface area contributed by atoms with E-state index < -0.39 is 146 Å². The second-order valence-electron chi connectivity index (χ2n) is 21.4. The van der Waals surface area contributed by atoms with Gasteiger partial charge in [-0.05, 0) is 80.7 Å². The van der Waals surface area contributed by atoms with Gasteiger partial charge in [0.25, 0.3) is 0 Å². The molecule has 3 rings (SSSR count). The van der Waals surface area contributed by atoms with Gasteiger partial charge >= 0.3 is 5.97 Å². The molecule has 19 atom stereocenters. The zero-order chi connectivity index (χ0) is 57.4. The summed E-state index contributed by atoms with van der Waals surface area (Å²) in [6, 6.07) is -1.22. The summed E-state index contributed by atoms with van der Waals surface area (Å²) in [5, 5.41) is 117. The molecule has 0 aromatic rings. The topological polar surface area (TPSA) is 321 Å². The van der Waals surface area contributed by atoms with Crippen LogP contribution < -0.4 is 10.6 Å². The lowest BCUT2D eigenvalue weighted by Crippen LogP contribution is -2.64. The number of esters is 1. The Hall–Kier alpha value is -4.01. The van der Waals surface area contributed by atoms with E-state index in [1.165, 1.54) is 0 Å². The largest absolute Gasteiger partial charge is 0.462 e. The summed E-state index contributed by atoms with van der Waals surface area (Å²) in [6.07, 6.45) is 4.45. The van der Waals surface area contributed by atoms with Gasteiger partial charge < -0.3 is 90.4 Å². The van der Waals surface area contributed by atoms with Crippen LogP contribution in [0.25, 0.3) is 0 Å². The Labute approximate surface area is 454 Å². The summed E-state index contributed by atoms with van der Waals surface area (Å²) in [6.45, 7) is 7.63. The molecule has 3 aliphatic rings. The van der Waals surface area contributed by atoms with Crippen LogP contribution in [0.1, 0.15) is 85.5 Å². The summed E-state index contributed by atoms with van der Waals surface area (Å²) in [4.78, 5) is 43.1. The molecule has 0 saturated carbocycles. The molecule has 0 unspecified atom stereocenters. The highest BCUT2D eigenvalue weighted by atomic mass is 16.7. The average Bonchev–Trinajstić information content (AvgIpc) is 3.33. The summed E-state index contributed by atoms with van der Waals surface area (Å²) in [7, 11) is 7.14. The van der Waals surface area contributed by atoms with E-state index in [0.29, 0.717) is 13.0 Å². The van der Waals surface area contributed by atoms with Gasteiger partial charge in [-0.15, -0.1) is 0 Å². The molecule has 3 heterocycles. The maximum Gasteiger partial charge on any atom is 0.308 e. The van der Waals surface area contributed by atoms with Gasteiger partial charge in [0.05, 0.1) is 86.0 Å². The van der Waals surface area contributed by atoms with Crippen molar-refractivity contribution < 1.29 is 84.4 Å². The minimum atomic E-state index is -2.34. The molecule has 0 radical (unpaired) electrons. The molecule has 21 heteroatoms. The molecule has 2 saturated heterocycles. The van der Waals surface area contributed by atoms with Crippen LogP contribution in [-0.4, -0.2) is 224 Å². The molecule has 12 N–H and O–H groups in total. The van der Waals surface area contributed by atoms with Gasteiger partial charge in [0.15, 0.2) is 12.1 Å². The number of nitrogens with one attached hydrogen (secondary N) is 2. The lowest BCUT2D eigenvalue weighted by Gasteiger charge is -2.46. The molecule has 0 aromatic heterocycles.